The lowest BCUT2D eigenvalue weighted by Crippen LogP contribution is -2.02. The molecule has 1 aromatic rings. The van der Waals surface area contributed by atoms with Gasteiger partial charge in [-0.2, -0.15) is 0 Å². The van der Waals surface area contributed by atoms with Crippen LogP contribution in [0.1, 0.15) is 30.0 Å². The van der Waals surface area contributed by atoms with E-state index in [4.69, 9.17) is 0 Å². The van der Waals surface area contributed by atoms with E-state index in [1.807, 2.05) is 0 Å². The van der Waals surface area contributed by atoms with Gasteiger partial charge in [-0.3, -0.25) is 0 Å². The van der Waals surface area contributed by atoms with E-state index in [-0.39, 0.29) is 0 Å². The molecule has 1 unspecified atom stereocenters. The van der Waals surface area contributed by atoms with E-state index in [1.165, 1.54) is 30.0 Å². The SMILES string of the molecule is Cc1nc(CCC(Br)C2CC2)cs1. The lowest BCUT2D eigenvalue weighted by molar-refractivity contribution is 0.689. The zero-order valence-corrected chi connectivity index (χ0v) is 10.2. The minimum atomic E-state index is 0.731. The summed E-state index contributed by atoms with van der Waals surface area (Å²) in [7, 11) is 0. The fraction of sp³-hybridized carbons (Fsp3) is 0.700. The highest BCUT2D eigenvalue weighted by molar-refractivity contribution is 9.09. The van der Waals surface area contributed by atoms with Crippen LogP contribution in [0.25, 0.3) is 0 Å². The molecule has 72 valence electrons. The number of nitrogens with zero attached hydrogens (tertiary/aromatic N) is 1. The Labute approximate surface area is 91.7 Å². The van der Waals surface area contributed by atoms with Gasteiger partial charge in [0.05, 0.1) is 10.7 Å². The molecule has 1 aromatic heterocycles. The molecule has 1 aliphatic rings. The van der Waals surface area contributed by atoms with Gasteiger partial charge in [0.1, 0.15) is 0 Å². The molecule has 0 saturated heterocycles. The van der Waals surface area contributed by atoms with Crippen LogP contribution in [0.4, 0.5) is 0 Å². The molecule has 1 aliphatic carbocycles. The quantitative estimate of drug-likeness (QED) is 0.754. The highest BCUT2D eigenvalue weighted by Crippen LogP contribution is 2.38. The monoisotopic (exact) mass is 259 g/mol. The molecule has 0 spiro atoms. The van der Waals surface area contributed by atoms with E-state index in [1.54, 1.807) is 11.3 Å². The minimum Gasteiger partial charge on any atom is -0.247 e. The van der Waals surface area contributed by atoms with Crippen molar-refractivity contribution in [2.24, 2.45) is 5.92 Å². The van der Waals surface area contributed by atoms with Crippen LogP contribution in [0.3, 0.4) is 0 Å². The van der Waals surface area contributed by atoms with Crippen molar-refractivity contribution in [1.29, 1.82) is 0 Å². The van der Waals surface area contributed by atoms with Gasteiger partial charge in [-0.15, -0.1) is 11.3 Å². The molecular weight excluding hydrogens is 246 g/mol. The largest absolute Gasteiger partial charge is 0.247 e. The maximum atomic E-state index is 4.46. The molecule has 0 aliphatic heterocycles. The van der Waals surface area contributed by atoms with Crippen molar-refractivity contribution in [3.8, 4) is 0 Å². The molecule has 1 nitrogen and oxygen atoms in total. The number of alkyl halides is 1. The van der Waals surface area contributed by atoms with E-state index < -0.39 is 0 Å². The maximum absolute atomic E-state index is 4.46. The summed E-state index contributed by atoms with van der Waals surface area (Å²) in [4.78, 5) is 5.19. The van der Waals surface area contributed by atoms with Crippen molar-refractivity contribution >= 4 is 27.3 Å². The van der Waals surface area contributed by atoms with Crippen LogP contribution in [0.5, 0.6) is 0 Å². The standard InChI is InChI=1S/C10H14BrNS/c1-7-12-9(6-13-7)4-5-10(11)8-2-3-8/h6,8,10H,2-5H2,1H3. The Morgan fingerprint density at radius 3 is 3.00 bits per heavy atom. The van der Waals surface area contributed by atoms with Crippen LogP contribution in [-0.4, -0.2) is 9.81 Å². The Hall–Kier alpha value is 0.110. The number of halogens is 1. The fourth-order valence-corrected chi connectivity index (χ4v) is 2.91. The van der Waals surface area contributed by atoms with Gasteiger partial charge in [0.15, 0.2) is 0 Å². The first-order chi connectivity index (χ1) is 6.25. The fourth-order valence-electron chi connectivity index (χ4n) is 1.50. The summed E-state index contributed by atoms with van der Waals surface area (Å²) in [5.74, 6) is 0.958. The third-order valence-corrected chi connectivity index (χ3v) is 4.50. The Balaban J connectivity index is 1.78. The molecule has 0 N–H and O–H groups in total. The molecule has 1 atom stereocenters. The summed E-state index contributed by atoms with van der Waals surface area (Å²) < 4.78 is 0. The van der Waals surface area contributed by atoms with Gasteiger partial charge in [0, 0.05) is 10.2 Å². The Kier molecular flexibility index (Phi) is 3.04. The minimum absolute atomic E-state index is 0.731. The van der Waals surface area contributed by atoms with Gasteiger partial charge in [-0.1, -0.05) is 15.9 Å². The summed E-state index contributed by atoms with van der Waals surface area (Å²) in [6, 6.07) is 0. The van der Waals surface area contributed by atoms with E-state index >= 15 is 0 Å². The lowest BCUT2D eigenvalue weighted by atomic mass is 10.1. The summed E-state index contributed by atoms with van der Waals surface area (Å²) in [6.45, 7) is 2.07. The van der Waals surface area contributed by atoms with Crippen LogP contribution < -0.4 is 0 Å². The van der Waals surface area contributed by atoms with Crippen molar-refractivity contribution < 1.29 is 0 Å². The van der Waals surface area contributed by atoms with E-state index in [0.717, 1.165) is 17.2 Å². The third kappa shape index (κ3) is 2.78. The maximum Gasteiger partial charge on any atom is 0.0897 e. The first-order valence-corrected chi connectivity index (χ1v) is 6.60. The predicted molar refractivity (Wildman–Crippen MR) is 60.6 cm³/mol. The molecule has 0 amide bonds. The van der Waals surface area contributed by atoms with Crippen LogP contribution in [-0.2, 0) is 6.42 Å². The Bertz CT molecular complexity index is 280. The zero-order valence-electron chi connectivity index (χ0n) is 7.79. The van der Waals surface area contributed by atoms with Crippen LogP contribution in [0.2, 0.25) is 0 Å². The molecule has 1 heterocycles. The second-order valence-corrected chi connectivity index (χ2v) is 5.99. The smallest absolute Gasteiger partial charge is 0.0897 e. The number of rotatable bonds is 4. The predicted octanol–water partition coefficient (Wildman–Crippen LogP) is 3.56. The number of hydrogen-bond acceptors (Lipinski definition) is 2. The zero-order chi connectivity index (χ0) is 9.26. The van der Waals surface area contributed by atoms with Crippen LogP contribution in [0, 0.1) is 12.8 Å². The normalized spacial score (nSPS) is 18.9. The van der Waals surface area contributed by atoms with Crippen molar-refractivity contribution in [1.82, 2.24) is 4.98 Å². The molecule has 1 fully saturated rings. The van der Waals surface area contributed by atoms with Gasteiger partial charge in [0.25, 0.3) is 0 Å². The van der Waals surface area contributed by atoms with E-state index in [9.17, 15) is 0 Å². The molecular formula is C10H14BrNS. The summed E-state index contributed by atoms with van der Waals surface area (Å²) in [5.41, 5.74) is 1.27. The Morgan fingerprint density at radius 1 is 1.69 bits per heavy atom. The van der Waals surface area contributed by atoms with Gasteiger partial charge >= 0.3 is 0 Å². The second-order valence-electron chi connectivity index (χ2n) is 3.75. The summed E-state index contributed by atoms with van der Waals surface area (Å²) >= 11 is 5.50. The summed E-state index contributed by atoms with van der Waals surface area (Å²) in [5, 5.41) is 3.37. The van der Waals surface area contributed by atoms with Gasteiger partial charge < -0.3 is 0 Å². The van der Waals surface area contributed by atoms with Gasteiger partial charge in [0.2, 0.25) is 0 Å². The lowest BCUT2D eigenvalue weighted by Gasteiger charge is -2.05. The average Bonchev–Trinajstić information content (AvgIpc) is 2.87. The molecule has 1 saturated carbocycles. The van der Waals surface area contributed by atoms with E-state index in [2.05, 4.69) is 33.2 Å². The molecule has 13 heavy (non-hydrogen) atoms. The van der Waals surface area contributed by atoms with Crippen molar-refractivity contribution in [2.45, 2.75) is 37.4 Å². The highest BCUT2D eigenvalue weighted by atomic mass is 79.9. The van der Waals surface area contributed by atoms with Gasteiger partial charge in [-0.05, 0) is 38.5 Å². The summed E-state index contributed by atoms with van der Waals surface area (Å²) in [6.07, 6.45) is 5.22. The number of hydrogen-bond donors (Lipinski definition) is 0. The topological polar surface area (TPSA) is 12.9 Å². The first-order valence-electron chi connectivity index (χ1n) is 4.81. The number of aromatic nitrogens is 1. The van der Waals surface area contributed by atoms with Crippen molar-refractivity contribution in [3.63, 3.8) is 0 Å². The molecule has 2 rings (SSSR count). The van der Waals surface area contributed by atoms with Crippen LogP contribution in [0.15, 0.2) is 5.38 Å². The number of thiazole rings is 1. The molecule has 3 heteroatoms. The number of aryl methyl sites for hydroxylation is 2. The first kappa shape index (κ1) is 9.66. The second kappa shape index (κ2) is 4.09. The molecule has 0 aromatic carbocycles. The Morgan fingerprint density at radius 2 is 2.46 bits per heavy atom. The van der Waals surface area contributed by atoms with Gasteiger partial charge in [-0.25, -0.2) is 4.98 Å². The van der Waals surface area contributed by atoms with Crippen molar-refractivity contribution in [2.75, 3.05) is 0 Å². The molecule has 0 bridgehead atoms. The van der Waals surface area contributed by atoms with E-state index in [0.29, 0.717) is 0 Å². The van der Waals surface area contributed by atoms with Crippen LogP contribution >= 0.6 is 27.3 Å². The average molecular weight is 260 g/mol. The van der Waals surface area contributed by atoms with Crippen molar-refractivity contribution in [3.05, 3.63) is 16.1 Å². The highest BCUT2D eigenvalue weighted by Gasteiger charge is 2.28. The third-order valence-electron chi connectivity index (χ3n) is 2.48. The molecule has 0 radical (unpaired) electrons.